The Morgan fingerprint density at radius 2 is 1.74 bits per heavy atom. The number of hydrogen-bond acceptors (Lipinski definition) is 4. The summed E-state index contributed by atoms with van der Waals surface area (Å²) in [6.45, 7) is 4.52. The molecule has 0 aromatic heterocycles. The molecule has 0 spiro atoms. The lowest BCUT2D eigenvalue weighted by atomic mass is 10.1. The van der Waals surface area contributed by atoms with E-state index in [1.165, 1.54) is 23.3 Å². The monoisotopic (exact) mass is 420 g/mol. The number of β-amino-alcohol motifs (C(OH)–C–C–N with tert-alkyl or cyclic N) is 1. The van der Waals surface area contributed by atoms with E-state index in [9.17, 15) is 9.50 Å². The number of rotatable bonds is 9. The van der Waals surface area contributed by atoms with Crippen LogP contribution in [0.4, 0.5) is 4.39 Å². The van der Waals surface area contributed by atoms with Gasteiger partial charge in [0.25, 0.3) is 0 Å². The Kier molecular flexibility index (Phi) is 7.30. The lowest BCUT2D eigenvalue weighted by molar-refractivity contribution is 0.174. The zero-order valence-electron chi connectivity index (χ0n) is 17.6. The highest BCUT2D eigenvalue weighted by atomic mass is 19.1. The fraction of sp³-hybridized carbons (Fsp3) is 0.308. The van der Waals surface area contributed by atoms with Crippen molar-refractivity contribution in [2.24, 2.45) is 0 Å². The van der Waals surface area contributed by atoms with Crippen LogP contribution in [0.2, 0.25) is 0 Å². The summed E-state index contributed by atoms with van der Waals surface area (Å²) >= 11 is 0. The molecule has 0 bridgehead atoms. The van der Waals surface area contributed by atoms with Crippen molar-refractivity contribution in [1.82, 2.24) is 10.2 Å². The van der Waals surface area contributed by atoms with Crippen molar-refractivity contribution in [3.05, 3.63) is 101 Å². The van der Waals surface area contributed by atoms with Gasteiger partial charge in [-0.1, -0.05) is 48.5 Å². The molecule has 1 unspecified atom stereocenters. The summed E-state index contributed by atoms with van der Waals surface area (Å²) in [5, 5.41) is 13.3. The molecule has 0 amide bonds. The molecule has 1 aliphatic heterocycles. The Morgan fingerprint density at radius 1 is 0.935 bits per heavy atom. The minimum atomic E-state index is -0.239. The van der Waals surface area contributed by atoms with Gasteiger partial charge in [-0.3, -0.25) is 4.90 Å². The molecule has 0 saturated carbocycles. The number of benzene rings is 3. The van der Waals surface area contributed by atoms with Crippen LogP contribution in [0.5, 0.6) is 5.75 Å². The lowest BCUT2D eigenvalue weighted by Crippen LogP contribution is -2.23. The third-order valence-corrected chi connectivity index (χ3v) is 5.62. The molecule has 162 valence electrons. The average molecular weight is 421 g/mol. The van der Waals surface area contributed by atoms with Gasteiger partial charge in [-0.15, -0.1) is 0 Å². The van der Waals surface area contributed by atoms with Crippen LogP contribution in [0.15, 0.2) is 72.8 Å². The van der Waals surface area contributed by atoms with Crippen LogP contribution in [-0.2, 0) is 26.2 Å². The summed E-state index contributed by atoms with van der Waals surface area (Å²) in [4.78, 5) is 2.31. The Hall–Kier alpha value is -2.73. The van der Waals surface area contributed by atoms with Crippen LogP contribution in [0, 0.1) is 5.82 Å². The van der Waals surface area contributed by atoms with Crippen LogP contribution in [0.25, 0.3) is 0 Å². The molecule has 1 atom stereocenters. The fourth-order valence-electron chi connectivity index (χ4n) is 3.91. The topological polar surface area (TPSA) is 44.7 Å². The zero-order chi connectivity index (χ0) is 21.5. The summed E-state index contributed by atoms with van der Waals surface area (Å²) in [5.41, 5.74) is 4.68. The molecule has 1 fully saturated rings. The minimum absolute atomic E-state index is 0.192. The molecule has 3 aromatic carbocycles. The van der Waals surface area contributed by atoms with Crippen LogP contribution in [-0.4, -0.2) is 29.2 Å². The van der Waals surface area contributed by atoms with E-state index in [0.29, 0.717) is 6.61 Å². The highest BCUT2D eigenvalue weighted by Gasteiger charge is 2.20. The second-order valence-electron chi connectivity index (χ2n) is 8.11. The van der Waals surface area contributed by atoms with Crippen LogP contribution >= 0.6 is 0 Å². The van der Waals surface area contributed by atoms with Crippen molar-refractivity contribution in [1.29, 1.82) is 0 Å². The van der Waals surface area contributed by atoms with Gasteiger partial charge in [-0.2, -0.15) is 0 Å². The molecule has 4 rings (SSSR count). The van der Waals surface area contributed by atoms with E-state index in [4.69, 9.17) is 4.74 Å². The summed E-state index contributed by atoms with van der Waals surface area (Å²) in [5.74, 6) is 0.563. The molecule has 3 aromatic rings. The van der Waals surface area contributed by atoms with E-state index in [0.717, 1.165) is 56.0 Å². The molecule has 1 saturated heterocycles. The van der Waals surface area contributed by atoms with Crippen LogP contribution in [0.1, 0.15) is 28.7 Å². The Labute approximate surface area is 183 Å². The first kappa shape index (κ1) is 21.5. The predicted molar refractivity (Wildman–Crippen MR) is 120 cm³/mol. The van der Waals surface area contributed by atoms with Crippen LogP contribution in [0.3, 0.4) is 0 Å². The molecule has 2 N–H and O–H groups in total. The third-order valence-electron chi connectivity index (χ3n) is 5.62. The van der Waals surface area contributed by atoms with Crippen molar-refractivity contribution in [3.63, 3.8) is 0 Å². The van der Waals surface area contributed by atoms with Gasteiger partial charge in [0.05, 0.1) is 6.10 Å². The summed E-state index contributed by atoms with van der Waals surface area (Å²) < 4.78 is 18.9. The van der Waals surface area contributed by atoms with Gasteiger partial charge in [-0.05, 0) is 52.9 Å². The Morgan fingerprint density at radius 3 is 2.52 bits per heavy atom. The van der Waals surface area contributed by atoms with Gasteiger partial charge in [0.15, 0.2) is 0 Å². The molecule has 0 aliphatic carbocycles. The third kappa shape index (κ3) is 6.37. The highest BCUT2D eigenvalue weighted by molar-refractivity contribution is 5.30. The maximum Gasteiger partial charge on any atom is 0.123 e. The van der Waals surface area contributed by atoms with Gasteiger partial charge in [0, 0.05) is 32.7 Å². The number of nitrogens with zero attached hydrogens (tertiary/aromatic N) is 1. The predicted octanol–water partition coefficient (Wildman–Crippen LogP) is 4.26. The summed E-state index contributed by atoms with van der Waals surface area (Å²) in [6.07, 6.45) is 0.669. The molecular weight excluding hydrogens is 391 g/mol. The zero-order valence-corrected chi connectivity index (χ0v) is 17.6. The van der Waals surface area contributed by atoms with Gasteiger partial charge in [0.1, 0.15) is 18.2 Å². The Balaban J connectivity index is 1.29. The van der Waals surface area contributed by atoms with Crippen molar-refractivity contribution in [2.45, 2.75) is 38.8 Å². The quantitative estimate of drug-likeness (QED) is 0.543. The molecule has 1 heterocycles. The van der Waals surface area contributed by atoms with Gasteiger partial charge >= 0.3 is 0 Å². The number of nitrogens with one attached hydrogen (secondary N) is 1. The molecular formula is C26H29FN2O2. The molecule has 5 heteroatoms. The standard InChI is InChI=1S/C26H29FN2O2/c27-24-10-8-20(9-11-24)19-31-26-7-3-4-21(14-26)15-28-16-22-5-1-2-6-23(22)17-29-13-12-25(30)18-29/h1-11,14,25,28,30H,12-13,15-19H2. The molecule has 1 aliphatic rings. The van der Waals surface area contributed by atoms with E-state index < -0.39 is 0 Å². The number of hydrogen-bond donors (Lipinski definition) is 2. The molecule has 0 radical (unpaired) electrons. The maximum atomic E-state index is 13.0. The van der Waals surface area contributed by atoms with Gasteiger partial charge < -0.3 is 15.2 Å². The minimum Gasteiger partial charge on any atom is -0.489 e. The normalized spacial score (nSPS) is 16.5. The fourth-order valence-corrected chi connectivity index (χ4v) is 3.91. The van der Waals surface area contributed by atoms with Crippen molar-refractivity contribution >= 4 is 0 Å². The van der Waals surface area contributed by atoms with E-state index >= 15 is 0 Å². The van der Waals surface area contributed by atoms with E-state index in [2.05, 4.69) is 40.5 Å². The second kappa shape index (κ2) is 10.5. The number of likely N-dealkylation sites (tertiary alicyclic amines) is 1. The average Bonchev–Trinajstić information content (AvgIpc) is 3.19. The first-order chi connectivity index (χ1) is 15.2. The lowest BCUT2D eigenvalue weighted by Gasteiger charge is -2.18. The largest absolute Gasteiger partial charge is 0.489 e. The molecule has 31 heavy (non-hydrogen) atoms. The molecule has 4 nitrogen and oxygen atoms in total. The van der Waals surface area contributed by atoms with Crippen molar-refractivity contribution < 1.29 is 14.2 Å². The number of halogens is 1. The van der Waals surface area contributed by atoms with Crippen LogP contribution < -0.4 is 10.1 Å². The SMILES string of the molecule is OC1CCN(Cc2ccccc2CNCc2cccc(OCc3ccc(F)cc3)c2)C1. The van der Waals surface area contributed by atoms with E-state index in [1.54, 1.807) is 12.1 Å². The summed E-state index contributed by atoms with van der Waals surface area (Å²) in [7, 11) is 0. The summed E-state index contributed by atoms with van der Waals surface area (Å²) in [6, 6.07) is 22.9. The van der Waals surface area contributed by atoms with Gasteiger partial charge in [-0.25, -0.2) is 4.39 Å². The Bertz CT molecular complexity index is 977. The number of aliphatic hydroxyl groups is 1. The smallest absolute Gasteiger partial charge is 0.123 e. The first-order valence-corrected chi connectivity index (χ1v) is 10.8. The van der Waals surface area contributed by atoms with Crippen molar-refractivity contribution in [3.8, 4) is 5.75 Å². The highest BCUT2D eigenvalue weighted by Crippen LogP contribution is 2.18. The number of aliphatic hydroxyl groups excluding tert-OH is 1. The number of ether oxygens (including phenoxy) is 1. The maximum absolute atomic E-state index is 13.0. The second-order valence-corrected chi connectivity index (χ2v) is 8.11. The van der Waals surface area contributed by atoms with E-state index in [1.807, 2.05) is 18.2 Å². The van der Waals surface area contributed by atoms with Crippen molar-refractivity contribution in [2.75, 3.05) is 13.1 Å². The van der Waals surface area contributed by atoms with Gasteiger partial charge in [0.2, 0.25) is 0 Å². The van der Waals surface area contributed by atoms with E-state index in [-0.39, 0.29) is 11.9 Å². The first-order valence-electron chi connectivity index (χ1n) is 10.8.